The number of benzene rings is 1. The van der Waals surface area contributed by atoms with E-state index in [1.807, 2.05) is 0 Å². The zero-order valence-electron chi connectivity index (χ0n) is 13.7. The monoisotopic (exact) mass is 326 g/mol. The number of ether oxygens (including phenoxy) is 2. The highest BCUT2D eigenvalue weighted by Gasteiger charge is 2.22. The van der Waals surface area contributed by atoms with E-state index in [2.05, 4.69) is 22.8 Å². The standard InChI is InChI=1S/C18H22N4O2/c19-11-13-9-17(23-15-1-5-21-6-2-15)18(10-14(13)12-20)24-16-3-7-22-8-4-16/h9-10,15-16,21-22H,1-8H2. The van der Waals surface area contributed by atoms with Crippen molar-refractivity contribution in [1.82, 2.24) is 10.6 Å². The SMILES string of the molecule is N#Cc1cc(OC2CCNCC2)c(OC2CCNCC2)cc1C#N. The van der Waals surface area contributed by atoms with Crippen LogP contribution >= 0.6 is 0 Å². The van der Waals surface area contributed by atoms with Crippen LogP contribution in [0.25, 0.3) is 0 Å². The van der Waals surface area contributed by atoms with Gasteiger partial charge in [0.15, 0.2) is 11.5 Å². The molecule has 2 aliphatic heterocycles. The van der Waals surface area contributed by atoms with Gasteiger partial charge in [0.2, 0.25) is 0 Å². The van der Waals surface area contributed by atoms with Crippen LogP contribution in [-0.4, -0.2) is 38.4 Å². The van der Waals surface area contributed by atoms with Crippen LogP contribution in [0.15, 0.2) is 12.1 Å². The number of nitrogens with one attached hydrogen (secondary N) is 2. The molecule has 126 valence electrons. The minimum atomic E-state index is 0.112. The Morgan fingerprint density at radius 2 is 1.12 bits per heavy atom. The zero-order valence-corrected chi connectivity index (χ0v) is 13.7. The highest BCUT2D eigenvalue weighted by Crippen LogP contribution is 2.34. The van der Waals surface area contributed by atoms with E-state index in [1.54, 1.807) is 12.1 Å². The molecule has 0 bridgehead atoms. The molecule has 24 heavy (non-hydrogen) atoms. The van der Waals surface area contributed by atoms with Crippen molar-refractivity contribution in [2.45, 2.75) is 37.9 Å². The summed E-state index contributed by atoms with van der Waals surface area (Å²) in [6.45, 7) is 3.71. The van der Waals surface area contributed by atoms with Gasteiger partial charge in [-0.3, -0.25) is 0 Å². The fourth-order valence-corrected chi connectivity index (χ4v) is 3.11. The molecule has 0 radical (unpaired) electrons. The Morgan fingerprint density at radius 1 is 0.750 bits per heavy atom. The molecule has 0 aromatic heterocycles. The third kappa shape index (κ3) is 3.97. The molecule has 0 spiro atoms. The first-order valence-electron chi connectivity index (χ1n) is 8.53. The van der Waals surface area contributed by atoms with Crippen molar-refractivity contribution in [3.05, 3.63) is 23.3 Å². The van der Waals surface area contributed by atoms with Crippen LogP contribution < -0.4 is 20.1 Å². The van der Waals surface area contributed by atoms with E-state index in [1.165, 1.54) is 0 Å². The largest absolute Gasteiger partial charge is 0.486 e. The second kappa shape index (κ2) is 8.01. The lowest BCUT2D eigenvalue weighted by Gasteiger charge is -2.28. The summed E-state index contributed by atoms with van der Waals surface area (Å²) in [5, 5.41) is 25.2. The highest BCUT2D eigenvalue weighted by atomic mass is 16.5. The Morgan fingerprint density at radius 3 is 1.46 bits per heavy atom. The fraction of sp³-hybridized carbons (Fsp3) is 0.556. The highest BCUT2D eigenvalue weighted by molar-refractivity contribution is 5.56. The maximum absolute atomic E-state index is 9.28. The molecule has 1 aromatic carbocycles. The summed E-state index contributed by atoms with van der Waals surface area (Å²) in [6, 6.07) is 7.45. The summed E-state index contributed by atoms with van der Waals surface area (Å²) in [7, 11) is 0. The topological polar surface area (TPSA) is 90.1 Å². The Labute approximate surface area is 142 Å². The first kappa shape index (κ1) is 16.6. The van der Waals surface area contributed by atoms with Gasteiger partial charge in [0.1, 0.15) is 24.3 Å². The van der Waals surface area contributed by atoms with Gasteiger partial charge in [0, 0.05) is 12.1 Å². The maximum atomic E-state index is 9.28. The molecule has 1 aromatic rings. The van der Waals surface area contributed by atoms with Gasteiger partial charge in [-0.25, -0.2) is 0 Å². The lowest BCUT2D eigenvalue weighted by atomic mass is 10.1. The van der Waals surface area contributed by atoms with E-state index in [4.69, 9.17) is 9.47 Å². The van der Waals surface area contributed by atoms with Crippen molar-refractivity contribution in [3.8, 4) is 23.6 Å². The number of nitrogens with zero attached hydrogens (tertiary/aromatic N) is 2. The summed E-state index contributed by atoms with van der Waals surface area (Å²) in [4.78, 5) is 0. The number of hydrogen-bond donors (Lipinski definition) is 2. The molecule has 0 unspecified atom stereocenters. The molecule has 6 heteroatoms. The van der Waals surface area contributed by atoms with Crippen molar-refractivity contribution < 1.29 is 9.47 Å². The molecule has 0 saturated carbocycles. The molecule has 2 saturated heterocycles. The van der Waals surface area contributed by atoms with Crippen LogP contribution in [0.2, 0.25) is 0 Å². The average Bonchev–Trinajstić information content (AvgIpc) is 2.64. The van der Waals surface area contributed by atoms with Gasteiger partial charge in [-0.15, -0.1) is 0 Å². The fourth-order valence-electron chi connectivity index (χ4n) is 3.11. The molecule has 2 heterocycles. The lowest BCUT2D eigenvalue weighted by molar-refractivity contribution is 0.130. The van der Waals surface area contributed by atoms with Gasteiger partial charge >= 0.3 is 0 Å². The van der Waals surface area contributed by atoms with E-state index < -0.39 is 0 Å². The smallest absolute Gasteiger partial charge is 0.163 e. The van der Waals surface area contributed by atoms with Gasteiger partial charge in [-0.05, 0) is 51.9 Å². The van der Waals surface area contributed by atoms with E-state index in [9.17, 15) is 10.5 Å². The van der Waals surface area contributed by atoms with E-state index >= 15 is 0 Å². The predicted octanol–water partition coefficient (Wildman–Crippen LogP) is 1.69. The van der Waals surface area contributed by atoms with Gasteiger partial charge < -0.3 is 20.1 Å². The van der Waals surface area contributed by atoms with Crippen LogP contribution in [0, 0.1) is 22.7 Å². The minimum Gasteiger partial charge on any atom is -0.486 e. The number of nitriles is 2. The Bertz CT molecular complexity index is 593. The van der Waals surface area contributed by atoms with Gasteiger partial charge in [-0.2, -0.15) is 10.5 Å². The normalized spacial score (nSPS) is 19.2. The molecular weight excluding hydrogens is 304 g/mol. The van der Waals surface area contributed by atoms with Crippen LogP contribution in [-0.2, 0) is 0 Å². The first-order valence-corrected chi connectivity index (χ1v) is 8.53. The molecule has 2 fully saturated rings. The molecule has 3 rings (SSSR count). The lowest BCUT2D eigenvalue weighted by Crippen LogP contribution is -2.35. The summed E-state index contributed by atoms with van der Waals surface area (Å²) in [6.07, 6.45) is 3.93. The molecular formula is C18H22N4O2. The van der Waals surface area contributed by atoms with E-state index in [0.29, 0.717) is 22.6 Å². The number of hydrogen-bond acceptors (Lipinski definition) is 6. The second-order valence-corrected chi connectivity index (χ2v) is 6.20. The number of piperidine rings is 2. The van der Waals surface area contributed by atoms with Crippen molar-refractivity contribution in [2.24, 2.45) is 0 Å². The van der Waals surface area contributed by atoms with Crippen LogP contribution in [0.1, 0.15) is 36.8 Å². The third-order valence-electron chi connectivity index (χ3n) is 4.48. The van der Waals surface area contributed by atoms with Crippen LogP contribution in [0.4, 0.5) is 0 Å². The molecule has 0 amide bonds. The molecule has 2 N–H and O–H groups in total. The number of rotatable bonds is 4. The van der Waals surface area contributed by atoms with E-state index in [-0.39, 0.29) is 12.2 Å². The summed E-state index contributed by atoms with van der Waals surface area (Å²) < 4.78 is 12.3. The first-order chi connectivity index (χ1) is 11.8. The summed E-state index contributed by atoms with van der Waals surface area (Å²) >= 11 is 0. The molecule has 0 atom stereocenters. The van der Waals surface area contributed by atoms with Crippen molar-refractivity contribution in [1.29, 1.82) is 10.5 Å². The third-order valence-corrected chi connectivity index (χ3v) is 4.48. The van der Waals surface area contributed by atoms with Gasteiger partial charge in [-0.1, -0.05) is 0 Å². The van der Waals surface area contributed by atoms with Gasteiger partial charge in [0.25, 0.3) is 0 Å². The quantitative estimate of drug-likeness (QED) is 0.875. The molecule has 6 nitrogen and oxygen atoms in total. The molecule has 2 aliphatic rings. The zero-order chi connectivity index (χ0) is 16.8. The predicted molar refractivity (Wildman–Crippen MR) is 88.9 cm³/mol. The average molecular weight is 326 g/mol. The Hall–Kier alpha value is -2.28. The van der Waals surface area contributed by atoms with Crippen LogP contribution in [0.3, 0.4) is 0 Å². The van der Waals surface area contributed by atoms with Crippen molar-refractivity contribution in [3.63, 3.8) is 0 Å². The Balaban J connectivity index is 1.85. The summed E-state index contributed by atoms with van der Waals surface area (Å²) in [5.41, 5.74) is 0.665. The molecule has 0 aliphatic carbocycles. The van der Waals surface area contributed by atoms with Gasteiger partial charge in [0.05, 0.1) is 11.1 Å². The van der Waals surface area contributed by atoms with Crippen molar-refractivity contribution >= 4 is 0 Å². The Kier molecular flexibility index (Phi) is 5.53. The second-order valence-electron chi connectivity index (χ2n) is 6.20. The van der Waals surface area contributed by atoms with Crippen molar-refractivity contribution in [2.75, 3.05) is 26.2 Å². The summed E-state index contributed by atoms with van der Waals surface area (Å²) in [5.74, 6) is 1.16. The van der Waals surface area contributed by atoms with E-state index in [0.717, 1.165) is 51.9 Å². The minimum absolute atomic E-state index is 0.112. The maximum Gasteiger partial charge on any atom is 0.163 e. The van der Waals surface area contributed by atoms with Crippen LogP contribution in [0.5, 0.6) is 11.5 Å².